The Bertz CT molecular complexity index is 905. The van der Waals surface area contributed by atoms with Crippen molar-refractivity contribution in [1.29, 1.82) is 0 Å². The maximum atomic E-state index is 12.1. The third-order valence-electron chi connectivity index (χ3n) is 4.19. The minimum absolute atomic E-state index is 0.0535. The number of H-pyrrole nitrogens is 1. The van der Waals surface area contributed by atoms with Crippen molar-refractivity contribution in [1.82, 2.24) is 19.5 Å². The van der Waals surface area contributed by atoms with E-state index >= 15 is 0 Å². The Balaban J connectivity index is 1.80. The second-order valence-corrected chi connectivity index (χ2v) is 6.31. The highest BCUT2D eigenvalue weighted by Gasteiger charge is 2.58. The van der Waals surface area contributed by atoms with Crippen LogP contribution >= 0.6 is 0 Å². The topological polar surface area (TPSA) is 144 Å². The van der Waals surface area contributed by atoms with Gasteiger partial charge < -0.3 is 24.7 Å². The zero-order valence-electron chi connectivity index (χ0n) is 13.8. The summed E-state index contributed by atoms with van der Waals surface area (Å²) in [6, 6.07) is 0. The van der Waals surface area contributed by atoms with Gasteiger partial charge in [-0.1, -0.05) is 0 Å². The highest BCUT2D eigenvalue weighted by Crippen LogP contribution is 2.43. The number of imidazole rings is 1. The Morgan fingerprint density at radius 1 is 1.40 bits per heavy atom. The molecule has 0 bridgehead atoms. The number of nitrogens with zero attached hydrogens (tertiary/aromatic N) is 3. The van der Waals surface area contributed by atoms with Gasteiger partial charge in [0, 0.05) is 0 Å². The molecule has 3 N–H and O–H groups in total. The molecule has 2 fully saturated rings. The SMILES string of the molecule is COC(=O)[C@H]1O[C@@H](n2cnc3c(=O)[nH]c(N)nc32)[C@@H]2OC(C)(C)O[C@@H]21. The third-order valence-corrected chi connectivity index (χ3v) is 4.19. The summed E-state index contributed by atoms with van der Waals surface area (Å²) < 4.78 is 23.8. The number of anilines is 1. The molecular weight excluding hydrogens is 334 g/mol. The molecule has 11 heteroatoms. The van der Waals surface area contributed by atoms with E-state index in [0.717, 1.165) is 0 Å². The van der Waals surface area contributed by atoms with Crippen LogP contribution in [0.1, 0.15) is 20.1 Å². The van der Waals surface area contributed by atoms with Crippen molar-refractivity contribution in [3.63, 3.8) is 0 Å². The van der Waals surface area contributed by atoms with Crippen molar-refractivity contribution in [3.8, 4) is 0 Å². The molecule has 134 valence electrons. The fraction of sp³-hybridized carbons (Fsp3) is 0.571. The van der Waals surface area contributed by atoms with Crippen molar-refractivity contribution in [3.05, 3.63) is 16.7 Å². The monoisotopic (exact) mass is 351 g/mol. The highest BCUT2D eigenvalue weighted by atomic mass is 16.8. The molecule has 2 aromatic heterocycles. The van der Waals surface area contributed by atoms with Gasteiger partial charge in [0.05, 0.1) is 13.4 Å². The number of nitrogens with one attached hydrogen (secondary N) is 1. The second-order valence-electron chi connectivity index (χ2n) is 6.31. The first-order chi connectivity index (χ1) is 11.8. The predicted molar refractivity (Wildman–Crippen MR) is 82.3 cm³/mol. The Morgan fingerprint density at radius 3 is 2.84 bits per heavy atom. The van der Waals surface area contributed by atoms with Gasteiger partial charge in [-0.2, -0.15) is 4.98 Å². The van der Waals surface area contributed by atoms with Crippen molar-refractivity contribution in [2.45, 2.75) is 44.2 Å². The number of aromatic nitrogens is 4. The van der Waals surface area contributed by atoms with Gasteiger partial charge in [0.15, 0.2) is 29.3 Å². The minimum atomic E-state index is -0.974. The van der Waals surface area contributed by atoms with Crippen LogP contribution in [0.25, 0.3) is 11.2 Å². The van der Waals surface area contributed by atoms with Gasteiger partial charge in [-0.15, -0.1) is 0 Å². The lowest BCUT2D eigenvalue weighted by Crippen LogP contribution is -2.36. The molecule has 0 aliphatic carbocycles. The standard InChI is InChI=1S/C14H17N5O6/c1-14(2)24-6-7(25-14)11(23-8(6)12(21)22-3)19-4-16-5-9(19)17-13(15)18-10(5)20/h4,6-8,11H,1-3H3,(H3,15,17,18,20)/t6-,7+,8-,11+/m0/s1. The summed E-state index contributed by atoms with van der Waals surface area (Å²) in [7, 11) is 1.27. The Hall–Kier alpha value is -2.50. The van der Waals surface area contributed by atoms with E-state index in [1.165, 1.54) is 18.0 Å². The van der Waals surface area contributed by atoms with Crippen molar-refractivity contribution in [2.24, 2.45) is 0 Å². The molecule has 2 aliphatic rings. The molecule has 0 aromatic carbocycles. The van der Waals surface area contributed by atoms with E-state index < -0.39 is 41.9 Å². The van der Waals surface area contributed by atoms with E-state index in [-0.39, 0.29) is 17.1 Å². The van der Waals surface area contributed by atoms with Crippen LogP contribution in [-0.4, -0.2) is 56.7 Å². The van der Waals surface area contributed by atoms with E-state index in [1.54, 1.807) is 13.8 Å². The first-order valence-electron chi connectivity index (χ1n) is 7.62. The van der Waals surface area contributed by atoms with Crippen LogP contribution < -0.4 is 11.3 Å². The number of fused-ring (bicyclic) bond motifs is 2. The lowest BCUT2D eigenvalue weighted by Gasteiger charge is -2.24. The van der Waals surface area contributed by atoms with Crippen molar-refractivity contribution >= 4 is 23.1 Å². The van der Waals surface area contributed by atoms with E-state index in [2.05, 4.69) is 15.0 Å². The number of carbonyl (C=O) groups is 1. The van der Waals surface area contributed by atoms with E-state index in [4.69, 9.17) is 24.7 Å². The van der Waals surface area contributed by atoms with Crippen LogP contribution in [-0.2, 0) is 23.7 Å². The summed E-state index contributed by atoms with van der Waals surface area (Å²) in [5.41, 5.74) is 5.48. The molecule has 0 saturated carbocycles. The highest BCUT2D eigenvalue weighted by molar-refractivity contribution is 5.76. The van der Waals surface area contributed by atoms with Crippen LogP contribution in [0.2, 0.25) is 0 Å². The Kier molecular flexibility index (Phi) is 3.36. The second kappa shape index (κ2) is 5.25. The molecular formula is C14H17N5O6. The van der Waals surface area contributed by atoms with Gasteiger partial charge in [0.2, 0.25) is 5.95 Å². The van der Waals surface area contributed by atoms with Gasteiger partial charge in [-0.25, -0.2) is 9.78 Å². The van der Waals surface area contributed by atoms with Gasteiger partial charge in [-0.3, -0.25) is 14.3 Å². The summed E-state index contributed by atoms with van der Waals surface area (Å²) >= 11 is 0. The van der Waals surface area contributed by atoms with Crippen molar-refractivity contribution in [2.75, 3.05) is 12.8 Å². The number of rotatable bonds is 2. The molecule has 4 heterocycles. The number of methoxy groups -OCH3 is 1. The summed E-state index contributed by atoms with van der Waals surface area (Å²) in [5.74, 6) is -1.53. The third kappa shape index (κ3) is 2.39. The summed E-state index contributed by atoms with van der Waals surface area (Å²) in [6.07, 6.45) is -1.64. The number of hydrogen-bond acceptors (Lipinski definition) is 9. The number of esters is 1. The summed E-state index contributed by atoms with van der Waals surface area (Å²) in [4.78, 5) is 34.6. The Morgan fingerprint density at radius 2 is 2.12 bits per heavy atom. The van der Waals surface area contributed by atoms with E-state index in [1.807, 2.05) is 0 Å². The number of carbonyl (C=O) groups excluding carboxylic acids is 1. The number of ether oxygens (including phenoxy) is 4. The lowest BCUT2D eigenvalue weighted by molar-refractivity contribution is -0.203. The Labute approximate surface area is 141 Å². The van der Waals surface area contributed by atoms with Crippen LogP contribution in [0.15, 0.2) is 11.1 Å². The van der Waals surface area contributed by atoms with Gasteiger partial charge in [0.25, 0.3) is 5.56 Å². The fourth-order valence-electron chi connectivity index (χ4n) is 3.24. The number of nitrogens with two attached hydrogens (primary N) is 1. The predicted octanol–water partition coefficient (Wildman–Crippen LogP) is -0.708. The van der Waals surface area contributed by atoms with E-state index in [0.29, 0.717) is 0 Å². The number of aromatic amines is 1. The van der Waals surface area contributed by atoms with Crippen LogP contribution in [0.3, 0.4) is 0 Å². The van der Waals surface area contributed by atoms with Gasteiger partial charge in [0.1, 0.15) is 12.2 Å². The molecule has 0 amide bonds. The number of hydrogen-bond donors (Lipinski definition) is 2. The van der Waals surface area contributed by atoms with Gasteiger partial charge >= 0.3 is 5.97 Å². The maximum Gasteiger partial charge on any atom is 0.337 e. The molecule has 0 spiro atoms. The smallest absolute Gasteiger partial charge is 0.337 e. The molecule has 2 aromatic rings. The van der Waals surface area contributed by atoms with Crippen LogP contribution in [0.5, 0.6) is 0 Å². The molecule has 25 heavy (non-hydrogen) atoms. The molecule has 4 atom stereocenters. The number of nitrogen functional groups attached to an aromatic ring is 1. The zero-order valence-corrected chi connectivity index (χ0v) is 13.8. The largest absolute Gasteiger partial charge is 0.467 e. The van der Waals surface area contributed by atoms with Crippen LogP contribution in [0.4, 0.5) is 5.95 Å². The lowest BCUT2D eigenvalue weighted by atomic mass is 10.1. The van der Waals surface area contributed by atoms with Gasteiger partial charge in [-0.05, 0) is 13.8 Å². The molecule has 2 saturated heterocycles. The van der Waals surface area contributed by atoms with Crippen LogP contribution in [0, 0.1) is 0 Å². The molecule has 0 radical (unpaired) electrons. The minimum Gasteiger partial charge on any atom is -0.467 e. The fourth-order valence-corrected chi connectivity index (χ4v) is 3.24. The molecule has 0 unspecified atom stereocenters. The summed E-state index contributed by atoms with van der Waals surface area (Å²) in [6.45, 7) is 3.48. The average Bonchev–Trinajstić information content (AvgIpc) is 3.17. The normalized spacial score (nSPS) is 30.5. The average molecular weight is 351 g/mol. The zero-order chi connectivity index (χ0) is 17.9. The first kappa shape index (κ1) is 16.0. The quantitative estimate of drug-likeness (QED) is 0.670. The first-order valence-corrected chi connectivity index (χ1v) is 7.62. The van der Waals surface area contributed by atoms with E-state index in [9.17, 15) is 9.59 Å². The summed E-state index contributed by atoms with van der Waals surface area (Å²) in [5, 5.41) is 0. The maximum absolute atomic E-state index is 12.1. The molecule has 4 rings (SSSR count). The molecule has 2 aliphatic heterocycles. The molecule has 11 nitrogen and oxygen atoms in total. The van der Waals surface area contributed by atoms with Crippen molar-refractivity contribution < 1.29 is 23.7 Å².